The molecule has 0 aliphatic carbocycles. The van der Waals surface area contributed by atoms with Crippen LogP contribution in [0.25, 0.3) is 0 Å². The topological polar surface area (TPSA) is 35.6 Å². The highest BCUT2D eigenvalue weighted by Gasteiger charge is 2.05. The van der Waals surface area contributed by atoms with E-state index in [1.54, 1.807) is 6.33 Å². The monoisotopic (exact) mass is 204 g/mol. The van der Waals surface area contributed by atoms with Crippen molar-refractivity contribution in [1.29, 1.82) is 0 Å². The lowest BCUT2D eigenvalue weighted by molar-refractivity contribution is 0.461. The second-order valence-corrected chi connectivity index (χ2v) is 4.11. The molecule has 2 aromatic rings. The molecule has 0 fully saturated rings. The average molecular weight is 204 g/mol. The van der Waals surface area contributed by atoms with Crippen LogP contribution in [0.3, 0.4) is 0 Å². The fourth-order valence-corrected chi connectivity index (χ4v) is 1.55. The van der Waals surface area contributed by atoms with Crippen molar-refractivity contribution in [2.24, 2.45) is 5.92 Å². The Balaban J connectivity index is 2.11. The van der Waals surface area contributed by atoms with Gasteiger partial charge >= 0.3 is 0 Å². The quantitative estimate of drug-likeness (QED) is 0.761. The standard InChI is InChI=1S/C11H16N4/c1-10(2)7-15-11(12-9-13-15)8-14-5-3-4-6-14/h3-6,9-10H,7-8H2,1-2H3. The third-order valence-corrected chi connectivity index (χ3v) is 2.22. The van der Waals surface area contributed by atoms with Crippen LogP contribution in [0.15, 0.2) is 30.9 Å². The molecule has 0 amide bonds. The Bertz CT molecular complexity index is 400. The molecular formula is C11H16N4. The first-order chi connectivity index (χ1) is 7.25. The highest BCUT2D eigenvalue weighted by Crippen LogP contribution is 2.03. The van der Waals surface area contributed by atoms with E-state index in [-0.39, 0.29) is 0 Å². The molecule has 4 heteroatoms. The van der Waals surface area contributed by atoms with E-state index in [0.29, 0.717) is 5.92 Å². The predicted molar refractivity (Wildman–Crippen MR) is 58.4 cm³/mol. The second kappa shape index (κ2) is 4.29. The van der Waals surface area contributed by atoms with Gasteiger partial charge < -0.3 is 4.57 Å². The Kier molecular flexibility index (Phi) is 2.85. The average Bonchev–Trinajstić information content (AvgIpc) is 2.78. The van der Waals surface area contributed by atoms with Gasteiger partial charge in [0, 0.05) is 18.9 Å². The predicted octanol–water partition coefficient (Wildman–Crippen LogP) is 1.78. The number of aromatic nitrogens is 4. The van der Waals surface area contributed by atoms with E-state index in [1.165, 1.54) is 0 Å². The first-order valence-electron chi connectivity index (χ1n) is 5.23. The molecule has 80 valence electrons. The fourth-order valence-electron chi connectivity index (χ4n) is 1.55. The number of rotatable bonds is 4. The van der Waals surface area contributed by atoms with Crippen LogP contribution < -0.4 is 0 Å². The summed E-state index contributed by atoms with van der Waals surface area (Å²) in [6.07, 6.45) is 5.70. The van der Waals surface area contributed by atoms with Crippen molar-refractivity contribution in [2.45, 2.75) is 26.9 Å². The molecule has 0 atom stereocenters. The molecule has 0 saturated carbocycles. The zero-order valence-electron chi connectivity index (χ0n) is 9.17. The van der Waals surface area contributed by atoms with E-state index in [1.807, 2.05) is 29.2 Å². The molecule has 0 bridgehead atoms. The van der Waals surface area contributed by atoms with Gasteiger partial charge in [-0.3, -0.25) is 0 Å². The van der Waals surface area contributed by atoms with Gasteiger partial charge in [0.15, 0.2) is 0 Å². The lowest BCUT2D eigenvalue weighted by atomic mass is 10.2. The van der Waals surface area contributed by atoms with Gasteiger partial charge in [-0.15, -0.1) is 0 Å². The molecule has 0 spiro atoms. The highest BCUT2D eigenvalue weighted by atomic mass is 15.3. The van der Waals surface area contributed by atoms with E-state index in [4.69, 9.17) is 0 Å². The molecule has 0 radical (unpaired) electrons. The van der Waals surface area contributed by atoms with Crippen molar-refractivity contribution >= 4 is 0 Å². The lowest BCUT2D eigenvalue weighted by Crippen LogP contribution is -2.12. The van der Waals surface area contributed by atoms with Crippen molar-refractivity contribution in [2.75, 3.05) is 0 Å². The minimum atomic E-state index is 0.593. The van der Waals surface area contributed by atoms with Crippen molar-refractivity contribution in [1.82, 2.24) is 19.3 Å². The van der Waals surface area contributed by atoms with E-state index in [9.17, 15) is 0 Å². The van der Waals surface area contributed by atoms with Gasteiger partial charge in [0.05, 0.1) is 6.54 Å². The van der Waals surface area contributed by atoms with Crippen molar-refractivity contribution < 1.29 is 0 Å². The maximum atomic E-state index is 4.28. The van der Waals surface area contributed by atoms with Crippen molar-refractivity contribution in [3.05, 3.63) is 36.7 Å². The minimum Gasteiger partial charge on any atom is -0.347 e. The number of nitrogens with zero attached hydrogens (tertiary/aromatic N) is 4. The van der Waals surface area contributed by atoms with Crippen molar-refractivity contribution in [3.63, 3.8) is 0 Å². The maximum absolute atomic E-state index is 4.28. The summed E-state index contributed by atoms with van der Waals surface area (Å²) >= 11 is 0. The van der Waals surface area contributed by atoms with Crippen LogP contribution in [0.4, 0.5) is 0 Å². The summed E-state index contributed by atoms with van der Waals surface area (Å²) < 4.78 is 4.07. The maximum Gasteiger partial charge on any atom is 0.146 e. The lowest BCUT2D eigenvalue weighted by Gasteiger charge is -2.08. The Morgan fingerprint density at radius 3 is 2.67 bits per heavy atom. The van der Waals surface area contributed by atoms with E-state index in [2.05, 4.69) is 28.5 Å². The van der Waals surface area contributed by atoms with Gasteiger partial charge in [-0.2, -0.15) is 5.10 Å². The molecule has 2 rings (SSSR count). The van der Waals surface area contributed by atoms with E-state index >= 15 is 0 Å². The molecule has 15 heavy (non-hydrogen) atoms. The summed E-state index contributed by atoms with van der Waals surface area (Å²) in [7, 11) is 0. The van der Waals surface area contributed by atoms with E-state index in [0.717, 1.165) is 18.9 Å². The van der Waals surface area contributed by atoms with Gasteiger partial charge in [0.1, 0.15) is 12.2 Å². The molecule has 0 saturated heterocycles. The van der Waals surface area contributed by atoms with Crippen LogP contribution in [0.1, 0.15) is 19.7 Å². The smallest absolute Gasteiger partial charge is 0.146 e. The first-order valence-corrected chi connectivity index (χ1v) is 5.23. The normalized spacial score (nSPS) is 11.1. The molecule has 4 nitrogen and oxygen atoms in total. The Morgan fingerprint density at radius 1 is 1.27 bits per heavy atom. The zero-order chi connectivity index (χ0) is 10.7. The molecular weight excluding hydrogens is 188 g/mol. The Hall–Kier alpha value is -1.58. The summed E-state index contributed by atoms with van der Waals surface area (Å²) in [5.41, 5.74) is 0. The van der Waals surface area contributed by atoms with Crippen LogP contribution >= 0.6 is 0 Å². The molecule has 0 aromatic carbocycles. The van der Waals surface area contributed by atoms with Crippen molar-refractivity contribution in [3.8, 4) is 0 Å². The molecule has 2 heterocycles. The summed E-state index contributed by atoms with van der Waals surface area (Å²) in [6.45, 7) is 6.08. The zero-order valence-corrected chi connectivity index (χ0v) is 9.17. The number of hydrogen-bond acceptors (Lipinski definition) is 2. The van der Waals surface area contributed by atoms with Crippen LogP contribution in [-0.4, -0.2) is 19.3 Å². The summed E-state index contributed by atoms with van der Waals surface area (Å²) in [6, 6.07) is 4.03. The van der Waals surface area contributed by atoms with Crippen LogP contribution in [0.2, 0.25) is 0 Å². The highest BCUT2D eigenvalue weighted by molar-refractivity contribution is 4.95. The third kappa shape index (κ3) is 2.46. The van der Waals surface area contributed by atoms with Crippen LogP contribution in [0.5, 0.6) is 0 Å². The summed E-state index contributed by atoms with van der Waals surface area (Å²) in [5.74, 6) is 1.61. The molecule has 0 aliphatic rings. The van der Waals surface area contributed by atoms with Gasteiger partial charge in [-0.05, 0) is 18.1 Å². The SMILES string of the molecule is CC(C)Cn1ncnc1Cn1cccc1. The van der Waals surface area contributed by atoms with Gasteiger partial charge in [0.2, 0.25) is 0 Å². The van der Waals surface area contributed by atoms with Crippen LogP contribution in [-0.2, 0) is 13.1 Å². The second-order valence-electron chi connectivity index (χ2n) is 4.11. The molecule has 0 aliphatic heterocycles. The summed E-state index contributed by atoms with van der Waals surface area (Å²) in [5, 5.41) is 4.23. The minimum absolute atomic E-state index is 0.593. The fraction of sp³-hybridized carbons (Fsp3) is 0.455. The summed E-state index contributed by atoms with van der Waals surface area (Å²) in [4.78, 5) is 4.28. The number of hydrogen-bond donors (Lipinski definition) is 0. The van der Waals surface area contributed by atoms with E-state index < -0.39 is 0 Å². The first kappa shape index (κ1) is 9.96. The van der Waals surface area contributed by atoms with Crippen LogP contribution in [0, 0.1) is 5.92 Å². The van der Waals surface area contributed by atoms with Gasteiger partial charge in [0.25, 0.3) is 0 Å². The molecule has 2 aromatic heterocycles. The molecule has 0 N–H and O–H groups in total. The Labute approximate surface area is 89.6 Å². The van der Waals surface area contributed by atoms with Gasteiger partial charge in [-0.25, -0.2) is 9.67 Å². The Morgan fingerprint density at radius 2 is 2.00 bits per heavy atom. The third-order valence-electron chi connectivity index (χ3n) is 2.22. The molecule has 0 unspecified atom stereocenters. The van der Waals surface area contributed by atoms with Gasteiger partial charge in [-0.1, -0.05) is 13.8 Å². The largest absolute Gasteiger partial charge is 0.347 e.